The van der Waals surface area contributed by atoms with Crippen molar-refractivity contribution in [2.75, 3.05) is 6.54 Å². The standard InChI is InChI=1S/C11H16ClNO3S2/c1-8(2)7-10(14)13-6-5-9-3-4-11(17-9)18(12,15)16/h3-4,8H,5-7H2,1-2H3,(H,13,14). The molecule has 0 aromatic carbocycles. The van der Waals surface area contributed by atoms with E-state index in [1.165, 1.54) is 6.07 Å². The first-order valence-electron chi connectivity index (χ1n) is 5.59. The van der Waals surface area contributed by atoms with E-state index in [0.717, 1.165) is 16.2 Å². The van der Waals surface area contributed by atoms with E-state index in [1.54, 1.807) is 6.07 Å². The third-order valence-corrected chi connectivity index (χ3v) is 5.40. The normalized spacial score (nSPS) is 11.8. The largest absolute Gasteiger partial charge is 0.356 e. The van der Waals surface area contributed by atoms with Crippen LogP contribution in [-0.2, 0) is 20.3 Å². The molecule has 0 spiro atoms. The number of hydrogen-bond donors (Lipinski definition) is 1. The van der Waals surface area contributed by atoms with Gasteiger partial charge in [-0.05, 0) is 24.5 Å². The number of hydrogen-bond acceptors (Lipinski definition) is 4. The summed E-state index contributed by atoms with van der Waals surface area (Å²) in [6.45, 7) is 4.47. The van der Waals surface area contributed by atoms with Crippen LogP contribution in [0.3, 0.4) is 0 Å². The fourth-order valence-corrected chi connectivity index (χ4v) is 3.51. The highest BCUT2D eigenvalue weighted by Crippen LogP contribution is 2.24. The Morgan fingerprint density at radius 1 is 1.44 bits per heavy atom. The summed E-state index contributed by atoms with van der Waals surface area (Å²) in [6.07, 6.45) is 1.12. The third kappa shape index (κ3) is 5.37. The number of thiophene rings is 1. The lowest BCUT2D eigenvalue weighted by Gasteiger charge is -2.05. The van der Waals surface area contributed by atoms with Gasteiger partial charge in [-0.3, -0.25) is 4.79 Å². The minimum Gasteiger partial charge on any atom is -0.356 e. The fraction of sp³-hybridized carbons (Fsp3) is 0.545. The molecule has 0 bridgehead atoms. The van der Waals surface area contributed by atoms with E-state index >= 15 is 0 Å². The van der Waals surface area contributed by atoms with Gasteiger partial charge in [-0.1, -0.05) is 13.8 Å². The van der Waals surface area contributed by atoms with E-state index in [9.17, 15) is 13.2 Å². The molecule has 1 rings (SSSR count). The number of carbonyl (C=O) groups is 1. The van der Waals surface area contributed by atoms with Gasteiger partial charge in [0.25, 0.3) is 9.05 Å². The van der Waals surface area contributed by atoms with E-state index in [-0.39, 0.29) is 10.1 Å². The fourth-order valence-electron chi connectivity index (χ4n) is 1.39. The molecule has 4 nitrogen and oxygen atoms in total. The zero-order chi connectivity index (χ0) is 13.8. The Balaban J connectivity index is 2.41. The molecule has 0 saturated heterocycles. The van der Waals surface area contributed by atoms with Crippen molar-refractivity contribution >= 4 is 37.0 Å². The summed E-state index contributed by atoms with van der Waals surface area (Å²) in [7, 11) is 1.59. The second-order valence-corrected chi connectivity index (χ2v) is 8.32. The Morgan fingerprint density at radius 3 is 2.61 bits per heavy atom. The van der Waals surface area contributed by atoms with Crippen LogP contribution in [0.2, 0.25) is 0 Å². The van der Waals surface area contributed by atoms with Crippen LogP contribution in [0.15, 0.2) is 16.3 Å². The van der Waals surface area contributed by atoms with E-state index in [4.69, 9.17) is 10.7 Å². The molecule has 0 aliphatic heterocycles. The summed E-state index contributed by atoms with van der Waals surface area (Å²) < 4.78 is 22.3. The molecule has 102 valence electrons. The van der Waals surface area contributed by atoms with E-state index in [0.29, 0.717) is 25.3 Å². The molecule has 0 radical (unpaired) electrons. The molecule has 1 N–H and O–H groups in total. The lowest BCUT2D eigenvalue weighted by atomic mass is 10.1. The van der Waals surface area contributed by atoms with Gasteiger partial charge in [0, 0.05) is 28.5 Å². The van der Waals surface area contributed by atoms with Crippen molar-refractivity contribution in [3.63, 3.8) is 0 Å². The van der Waals surface area contributed by atoms with Crippen LogP contribution in [0.1, 0.15) is 25.1 Å². The molecule has 0 aliphatic carbocycles. The lowest BCUT2D eigenvalue weighted by Crippen LogP contribution is -2.26. The van der Waals surface area contributed by atoms with Crippen molar-refractivity contribution in [1.82, 2.24) is 5.32 Å². The second kappa shape index (κ2) is 6.54. The van der Waals surface area contributed by atoms with Crippen molar-refractivity contribution < 1.29 is 13.2 Å². The van der Waals surface area contributed by atoms with Crippen molar-refractivity contribution in [1.29, 1.82) is 0 Å². The average molecular weight is 310 g/mol. The predicted molar refractivity (Wildman–Crippen MR) is 73.5 cm³/mol. The maximum absolute atomic E-state index is 11.4. The molecule has 1 aromatic rings. The number of rotatable bonds is 6. The smallest absolute Gasteiger partial charge is 0.270 e. The number of carbonyl (C=O) groups excluding carboxylic acids is 1. The predicted octanol–water partition coefficient (Wildman–Crippen LogP) is 2.38. The number of amides is 1. The first kappa shape index (κ1) is 15.5. The van der Waals surface area contributed by atoms with E-state index in [1.807, 2.05) is 13.8 Å². The molecule has 7 heteroatoms. The second-order valence-electron chi connectivity index (χ2n) is 4.36. The minimum absolute atomic E-state index is 0.0201. The third-order valence-electron chi connectivity index (χ3n) is 2.16. The molecule has 1 heterocycles. The van der Waals surface area contributed by atoms with Crippen LogP contribution in [0, 0.1) is 5.92 Å². The maximum atomic E-state index is 11.4. The zero-order valence-electron chi connectivity index (χ0n) is 10.3. The molecule has 0 atom stereocenters. The van der Waals surface area contributed by atoms with Crippen LogP contribution >= 0.6 is 22.0 Å². The van der Waals surface area contributed by atoms with Gasteiger partial charge >= 0.3 is 0 Å². The summed E-state index contributed by atoms with van der Waals surface area (Å²) in [4.78, 5) is 12.3. The lowest BCUT2D eigenvalue weighted by molar-refractivity contribution is -0.121. The van der Waals surface area contributed by atoms with Gasteiger partial charge in [-0.25, -0.2) is 8.42 Å². The van der Waals surface area contributed by atoms with Gasteiger partial charge in [0.15, 0.2) is 0 Å². The van der Waals surface area contributed by atoms with Gasteiger partial charge in [-0.2, -0.15) is 0 Å². The molecule has 0 unspecified atom stereocenters. The van der Waals surface area contributed by atoms with Crippen LogP contribution < -0.4 is 5.32 Å². The molecule has 0 aliphatic rings. The Kier molecular flexibility index (Phi) is 5.62. The molecular formula is C11H16ClNO3S2. The number of nitrogens with one attached hydrogen (secondary N) is 1. The van der Waals surface area contributed by atoms with Gasteiger partial charge in [0.1, 0.15) is 4.21 Å². The SMILES string of the molecule is CC(C)CC(=O)NCCc1ccc(S(=O)(=O)Cl)s1. The van der Waals surface area contributed by atoms with Crippen LogP contribution in [0.5, 0.6) is 0 Å². The quantitative estimate of drug-likeness (QED) is 0.821. The zero-order valence-corrected chi connectivity index (χ0v) is 12.7. The summed E-state index contributed by atoms with van der Waals surface area (Å²) >= 11 is 1.13. The van der Waals surface area contributed by atoms with Crippen molar-refractivity contribution in [3.8, 4) is 0 Å². The first-order chi connectivity index (χ1) is 8.29. The Labute approximate surface area is 116 Å². The highest BCUT2D eigenvalue weighted by atomic mass is 35.7. The van der Waals surface area contributed by atoms with Crippen LogP contribution in [0.4, 0.5) is 0 Å². The van der Waals surface area contributed by atoms with Crippen LogP contribution in [0.25, 0.3) is 0 Å². The van der Waals surface area contributed by atoms with E-state index < -0.39 is 9.05 Å². The van der Waals surface area contributed by atoms with Crippen molar-refractivity contribution in [2.45, 2.75) is 30.9 Å². The molecular weight excluding hydrogens is 294 g/mol. The van der Waals surface area contributed by atoms with Gasteiger partial charge < -0.3 is 5.32 Å². The molecule has 0 saturated carbocycles. The van der Waals surface area contributed by atoms with Crippen molar-refractivity contribution in [3.05, 3.63) is 17.0 Å². The summed E-state index contributed by atoms with van der Waals surface area (Å²) in [5.41, 5.74) is 0. The minimum atomic E-state index is -3.64. The highest BCUT2D eigenvalue weighted by molar-refractivity contribution is 8.15. The summed E-state index contributed by atoms with van der Waals surface area (Å²) in [6, 6.07) is 3.20. The molecule has 1 aromatic heterocycles. The molecule has 1 amide bonds. The maximum Gasteiger partial charge on any atom is 0.270 e. The summed E-state index contributed by atoms with van der Waals surface area (Å²) in [5, 5.41) is 2.80. The van der Waals surface area contributed by atoms with Gasteiger partial charge in [-0.15, -0.1) is 11.3 Å². The van der Waals surface area contributed by atoms with E-state index in [2.05, 4.69) is 5.32 Å². The Morgan fingerprint density at radius 2 is 2.11 bits per heavy atom. The topological polar surface area (TPSA) is 63.2 Å². The first-order valence-corrected chi connectivity index (χ1v) is 8.71. The average Bonchev–Trinajstić information content (AvgIpc) is 2.64. The van der Waals surface area contributed by atoms with Gasteiger partial charge in [0.05, 0.1) is 0 Å². The monoisotopic (exact) mass is 309 g/mol. The van der Waals surface area contributed by atoms with Crippen molar-refractivity contribution in [2.24, 2.45) is 5.92 Å². The molecule has 18 heavy (non-hydrogen) atoms. The van der Waals surface area contributed by atoms with Gasteiger partial charge in [0.2, 0.25) is 5.91 Å². The Hall–Kier alpha value is -0.590. The summed E-state index contributed by atoms with van der Waals surface area (Å²) in [5.74, 6) is 0.353. The van der Waals surface area contributed by atoms with Crippen LogP contribution in [-0.4, -0.2) is 20.9 Å². The molecule has 0 fully saturated rings. The Bertz CT molecular complexity index is 508. The number of halogens is 1. The highest BCUT2D eigenvalue weighted by Gasteiger charge is 2.13.